The first-order chi connectivity index (χ1) is 10.7. The summed E-state index contributed by atoms with van der Waals surface area (Å²) < 4.78 is 45.8. The first-order valence-electron chi connectivity index (χ1n) is 6.78. The quantitative estimate of drug-likeness (QED) is 0.751. The Morgan fingerprint density at radius 3 is 2.30 bits per heavy atom. The largest absolute Gasteiger partial charge is 0.461 e. The van der Waals surface area contributed by atoms with Crippen LogP contribution in [0.4, 0.5) is 24.7 Å². The van der Waals surface area contributed by atoms with E-state index in [9.17, 15) is 13.2 Å². The summed E-state index contributed by atoms with van der Waals surface area (Å²) >= 11 is 3.29. The first-order valence-corrected chi connectivity index (χ1v) is 7.58. The topological polar surface area (TPSA) is 38.2 Å². The van der Waals surface area contributed by atoms with Gasteiger partial charge in [-0.2, -0.15) is 18.2 Å². The van der Waals surface area contributed by atoms with Crippen molar-refractivity contribution in [3.8, 4) is 6.01 Å². The molecule has 0 bridgehead atoms. The van der Waals surface area contributed by atoms with Crippen LogP contribution in [0.1, 0.15) is 19.4 Å². The van der Waals surface area contributed by atoms with Gasteiger partial charge in [0, 0.05) is 23.4 Å². The fraction of sp³-hybridized carbons (Fsp3) is 0.333. The van der Waals surface area contributed by atoms with E-state index in [1.165, 1.54) is 11.9 Å². The minimum absolute atomic E-state index is 0.0908. The van der Waals surface area contributed by atoms with Gasteiger partial charge in [-0.25, -0.2) is 4.98 Å². The van der Waals surface area contributed by atoms with Gasteiger partial charge in [-0.15, -0.1) is 0 Å². The zero-order valence-electron chi connectivity index (χ0n) is 12.7. The average molecular weight is 390 g/mol. The number of benzene rings is 1. The van der Waals surface area contributed by atoms with Gasteiger partial charge in [-0.05, 0) is 38.1 Å². The van der Waals surface area contributed by atoms with Crippen LogP contribution < -0.4 is 9.64 Å². The Morgan fingerprint density at radius 1 is 1.17 bits per heavy atom. The second-order valence-electron chi connectivity index (χ2n) is 5.09. The van der Waals surface area contributed by atoms with Crippen molar-refractivity contribution in [3.05, 3.63) is 40.5 Å². The minimum atomic E-state index is -4.56. The molecule has 0 unspecified atom stereocenters. The SMILES string of the molecule is CC(C)Oc1ncc(C(F)(F)F)c(N(C)c2ccc(Br)cc2)n1. The van der Waals surface area contributed by atoms with Crippen LogP contribution in [-0.4, -0.2) is 23.1 Å². The molecular weight excluding hydrogens is 375 g/mol. The van der Waals surface area contributed by atoms with Gasteiger partial charge >= 0.3 is 12.2 Å². The summed E-state index contributed by atoms with van der Waals surface area (Å²) in [6, 6.07) is 6.77. The van der Waals surface area contributed by atoms with Crippen LogP contribution in [0.15, 0.2) is 34.9 Å². The van der Waals surface area contributed by atoms with Gasteiger partial charge in [0.2, 0.25) is 0 Å². The molecule has 0 amide bonds. The molecule has 2 aromatic rings. The third-order valence-corrected chi connectivity index (χ3v) is 3.45. The highest BCUT2D eigenvalue weighted by molar-refractivity contribution is 9.10. The molecule has 0 N–H and O–H groups in total. The van der Waals surface area contributed by atoms with Gasteiger partial charge < -0.3 is 9.64 Å². The average Bonchev–Trinajstić information content (AvgIpc) is 2.45. The summed E-state index contributed by atoms with van der Waals surface area (Å²) in [5.74, 6) is -0.259. The van der Waals surface area contributed by atoms with E-state index < -0.39 is 11.7 Å². The monoisotopic (exact) mass is 389 g/mol. The Kier molecular flexibility index (Phi) is 5.13. The van der Waals surface area contributed by atoms with Crippen molar-refractivity contribution in [1.82, 2.24) is 9.97 Å². The lowest BCUT2D eigenvalue weighted by molar-refractivity contribution is -0.137. The Bertz CT molecular complexity index is 675. The Labute approximate surface area is 140 Å². The maximum Gasteiger partial charge on any atom is 0.421 e. The molecule has 23 heavy (non-hydrogen) atoms. The molecule has 0 aliphatic carbocycles. The van der Waals surface area contributed by atoms with Crippen LogP contribution in [0.25, 0.3) is 0 Å². The van der Waals surface area contributed by atoms with Crippen molar-refractivity contribution in [2.75, 3.05) is 11.9 Å². The number of alkyl halides is 3. The third kappa shape index (κ3) is 4.34. The molecule has 2 rings (SSSR count). The smallest absolute Gasteiger partial charge is 0.421 e. The molecule has 124 valence electrons. The van der Waals surface area contributed by atoms with Crippen LogP contribution in [0, 0.1) is 0 Å². The number of ether oxygens (including phenoxy) is 1. The molecule has 0 saturated carbocycles. The first kappa shape index (κ1) is 17.5. The van der Waals surface area contributed by atoms with Gasteiger partial charge in [0.25, 0.3) is 0 Å². The summed E-state index contributed by atoms with van der Waals surface area (Å²) in [5, 5.41) is 0. The Balaban J connectivity index is 2.49. The molecule has 0 radical (unpaired) electrons. The number of rotatable bonds is 4. The van der Waals surface area contributed by atoms with E-state index in [-0.39, 0.29) is 17.9 Å². The van der Waals surface area contributed by atoms with Gasteiger partial charge in [0.1, 0.15) is 5.56 Å². The zero-order chi connectivity index (χ0) is 17.2. The van der Waals surface area contributed by atoms with E-state index in [0.717, 1.165) is 10.7 Å². The van der Waals surface area contributed by atoms with Crippen LogP contribution >= 0.6 is 15.9 Å². The second-order valence-corrected chi connectivity index (χ2v) is 6.01. The lowest BCUT2D eigenvalue weighted by Crippen LogP contribution is -2.20. The highest BCUT2D eigenvalue weighted by Gasteiger charge is 2.36. The molecule has 8 heteroatoms. The van der Waals surface area contributed by atoms with Crippen molar-refractivity contribution in [3.63, 3.8) is 0 Å². The standard InChI is InChI=1S/C15H15BrF3N3O/c1-9(2)23-14-20-8-12(15(17,18)19)13(21-14)22(3)11-6-4-10(16)5-7-11/h4-9H,1-3H3. The van der Waals surface area contributed by atoms with Crippen molar-refractivity contribution in [1.29, 1.82) is 0 Å². The molecule has 0 atom stereocenters. The van der Waals surface area contributed by atoms with Crippen LogP contribution in [0.5, 0.6) is 6.01 Å². The summed E-state index contributed by atoms with van der Waals surface area (Å²) in [7, 11) is 1.51. The van der Waals surface area contributed by atoms with E-state index in [2.05, 4.69) is 25.9 Å². The van der Waals surface area contributed by atoms with E-state index in [4.69, 9.17) is 4.74 Å². The zero-order valence-corrected chi connectivity index (χ0v) is 14.3. The highest BCUT2D eigenvalue weighted by atomic mass is 79.9. The van der Waals surface area contributed by atoms with E-state index in [1.54, 1.807) is 38.1 Å². The van der Waals surface area contributed by atoms with Gasteiger partial charge in [-0.3, -0.25) is 0 Å². The number of aromatic nitrogens is 2. The van der Waals surface area contributed by atoms with Crippen LogP contribution in [-0.2, 0) is 6.18 Å². The van der Waals surface area contributed by atoms with Gasteiger partial charge in [0.15, 0.2) is 5.82 Å². The molecule has 0 spiro atoms. The third-order valence-electron chi connectivity index (χ3n) is 2.92. The predicted molar refractivity (Wildman–Crippen MR) is 85.0 cm³/mol. The van der Waals surface area contributed by atoms with Gasteiger partial charge in [-0.1, -0.05) is 15.9 Å². The fourth-order valence-corrected chi connectivity index (χ4v) is 2.13. The molecule has 0 fully saturated rings. The molecule has 0 aliphatic rings. The molecule has 1 aromatic heterocycles. The highest BCUT2D eigenvalue weighted by Crippen LogP contribution is 2.37. The molecule has 0 saturated heterocycles. The summed E-state index contributed by atoms with van der Waals surface area (Å²) in [6.07, 6.45) is -4.05. The lowest BCUT2D eigenvalue weighted by atomic mass is 10.2. The predicted octanol–water partition coefficient (Wildman–Crippen LogP) is 4.81. The number of anilines is 2. The number of halogens is 4. The van der Waals surface area contributed by atoms with Crippen LogP contribution in [0.2, 0.25) is 0 Å². The van der Waals surface area contributed by atoms with E-state index >= 15 is 0 Å². The normalized spacial score (nSPS) is 11.7. The lowest BCUT2D eigenvalue weighted by Gasteiger charge is -2.23. The van der Waals surface area contributed by atoms with Gasteiger partial charge in [0.05, 0.1) is 6.10 Å². The molecule has 1 heterocycles. The number of hydrogen-bond acceptors (Lipinski definition) is 4. The summed E-state index contributed by atoms with van der Waals surface area (Å²) in [4.78, 5) is 8.94. The Morgan fingerprint density at radius 2 is 1.78 bits per heavy atom. The summed E-state index contributed by atoms with van der Waals surface area (Å²) in [5.41, 5.74) is -0.355. The number of nitrogens with zero attached hydrogens (tertiary/aromatic N) is 3. The fourth-order valence-electron chi connectivity index (χ4n) is 1.87. The van der Waals surface area contributed by atoms with Crippen LogP contribution in [0.3, 0.4) is 0 Å². The van der Waals surface area contributed by atoms with E-state index in [0.29, 0.717) is 5.69 Å². The Hall–Kier alpha value is -1.83. The number of hydrogen-bond donors (Lipinski definition) is 0. The van der Waals surface area contributed by atoms with E-state index in [1.807, 2.05) is 0 Å². The maximum absolute atomic E-state index is 13.2. The summed E-state index contributed by atoms with van der Waals surface area (Å²) in [6.45, 7) is 3.50. The van der Waals surface area contributed by atoms with Crippen molar-refractivity contribution < 1.29 is 17.9 Å². The minimum Gasteiger partial charge on any atom is -0.461 e. The molecule has 0 aliphatic heterocycles. The van der Waals surface area contributed by atoms with Crippen molar-refractivity contribution >= 4 is 27.4 Å². The molecule has 1 aromatic carbocycles. The molecule has 4 nitrogen and oxygen atoms in total. The van der Waals surface area contributed by atoms with Crippen molar-refractivity contribution in [2.24, 2.45) is 0 Å². The maximum atomic E-state index is 13.2. The molecular formula is C15H15BrF3N3O. The second kappa shape index (κ2) is 6.74. The van der Waals surface area contributed by atoms with Crippen molar-refractivity contribution in [2.45, 2.75) is 26.1 Å².